The molecule has 0 spiro atoms. The van der Waals surface area contributed by atoms with Crippen LogP contribution in [0.5, 0.6) is 0 Å². The lowest BCUT2D eigenvalue weighted by Gasteiger charge is -2.04. The van der Waals surface area contributed by atoms with Gasteiger partial charge in [0.15, 0.2) is 11.0 Å². The Morgan fingerprint density at radius 3 is 2.85 bits per heavy atom. The molecule has 4 nitrogen and oxygen atoms in total. The molecule has 0 saturated carbocycles. The van der Waals surface area contributed by atoms with Gasteiger partial charge in [-0.15, -0.1) is 0 Å². The first-order chi connectivity index (χ1) is 6.15. The van der Waals surface area contributed by atoms with E-state index in [1.165, 1.54) is 6.33 Å². The normalized spacial score (nSPS) is 9.77. The van der Waals surface area contributed by atoms with Crippen LogP contribution in [0.1, 0.15) is 13.3 Å². The van der Waals surface area contributed by atoms with Gasteiger partial charge < -0.3 is 5.32 Å². The highest BCUT2D eigenvalue weighted by Gasteiger charge is 2.08. The molecule has 1 heterocycles. The van der Waals surface area contributed by atoms with Crippen LogP contribution in [0.25, 0.3) is 0 Å². The zero-order valence-corrected chi connectivity index (χ0v) is 8.35. The lowest BCUT2D eigenvalue weighted by Crippen LogP contribution is -2.11. The van der Waals surface area contributed by atoms with Gasteiger partial charge in [0.2, 0.25) is 5.91 Å². The molecular formula is C7H7Cl2N3O. The fraction of sp³-hybridized carbons (Fsp3) is 0.286. The van der Waals surface area contributed by atoms with E-state index in [-0.39, 0.29) is 21.9 Å². The van der Waals surface area contributed by atoms with E-state index in [0.717, 1.165) is 0 Å². The number of rotatable bonds is 2. The quantitative estimate of drug-likeness (QED) is 0.776. The number of anilines is 1. The van der Waals surface area contributed by atoms with Crippen LogP contribution in [0.3, 0.4) is 0 Å². The van der Waals surface area contributed by atoms with E-state index in [1.54, 1.807) is 6.92 Å². The van der Waals surface area contributed by atoms with Crippen LogP contribution in [0, 0.1) is 0 Å². The molecule has 0 aliphatic carbocycles. The summed E-state index contributed by atoms with van der Waals surface area (Å²) < 4.78 is 0. The first-order valence-electron chi connectivity index (χ1n) is 3.61. The Balaban J connectivity index is 2.89. The predicted molar refractivity (Wildman–Crippen MR) is 51.0 cm³/mol. The molecule has 13 heavy (non-hydrogen) atoms. The maximum Gasteiger partial charge on any atom is 0.225 e. The Labute approximate surface area is 85.3 Å². The summed E-state index contributed by atoms with van der Waals surface area (Å²) in [7, 11) is 0. The highest BCUT2D eigenvalue weighted by atomic mass is 35.5. The molecule has 1 N–H and O–H groups in total. The third-order valence-corrected chi connectivity index (χ3v) is 2.07. The monoisotopic (exact) mass is 219 g/mol. The second-order valence-corrected chi connectivity index (χ2v) is 2.96. The predicted octanol–water partition coefficient (Wildman–Crippen LogP) is 2.13. The van der Waals surface area contributed by atoms with Gasteiger partial charge in [0.1, 0.15) is 11.3 Å². The molecule has 0 radical (unpaired) electrons. The van der Waals surface area contributed by atoms with Crippen molar-refractivity contribution in [1.82, 2.24) is 9.97 Å². The molecule has 0 aliphatic heterocycles. The maximum absolute atomic E-state index is 11.0. The van der Waals surface area contributed by atoms with Gasteiger partial charge in [0.25, 0.3) is 0 Å². The standard InChI is InChI=1S/C7H7Cl2N3O/c1-2-4(13)12-7-5(8)6(9)10-3-11-7/h3H,2H2,1H3,(H,10,11,12,13). The molecular weight excluding hydrogens is 213 g/mol. The minimum absolute atomic E-state index is 0.128. The summed E-state index contributed by atoms with van der Waals surface area (Å²) in [5.74, 6) is 0.0742. The molecule has 6 heteroatoms. The first kappa shape index (κ1) is 10.2. The molecule has 1 aromatic rings. The van der Waals surface area contributed by atoms with Crippen molar-refractivity contribution >= 4 is 34.9 Å². The number of halogens is 2. The molecule has 0 unspecified atom stereocenters. The van der Waals surface area contributed by atoms with Crippen molar-refractivity contribution in [1.29, 1.82) is 0 Å². The molecule has 1 aromatic heterocycles. The minimum Gasteiger partial charge on any atom is -0.309 e. The van der Waals surface area contributed by atoms with Crippen LogP contribution in [0.4, 0.5) is 5.82 Å². The van der Waals surface area contributed by atoms with E-state index in [2.05, 4.69) is 15.3 Å². The van der Waals surface area contributed by atoms with E-state index in [0.29, 0.717) is 6.42 Å². The van der Waals surface area contributed by atoms with E-state index in [4.69, 9.17) is 23.2 Å². The Morgan fingerprint density at radius 1 is 1.54 bits per heavy atom. The number of nitrogens with one attached hydrogen (secondary N) is 1. The highest BCUT2D eigenvalue weighted by Crippen LogP contribution is 2.25. The number of aromatic nitrogens is 2. The van der Waals surface area contributed by atoms with Gasteiger partial charge in [-0.25, -0.2) is 9.97 Å². The summed E-state index contributed by atoms with van der Waals surface area (Å²) in [6.07, 6.45) is 1.59. The summed E-state index contributed by atoms with van der Waals surface area (Å²) in [6, 6.07) is 0. The van der Waals surface area contributed by atoms with Gasteiger partial charge in [-0.05, 0) is 0 Å². The molecule has 1 rings (SSSR count). The van der Waals surface area contributed by atoms with Gasteiger partial charge in [-0.3, -0.25) is 4.79 Å². The third kappa shape index (κ3) is 2.54. The smallest absolute Gasteiger partial charge is 0.225 e. The number of carbonyl (C=O) groups is 1. The van der Waals surface area contributed by atoms with Crippen molar-refractivity contribution in [2.24, 2.45) is 0 Å². The van der Waals surface area contributed by atoms with Crippen LogP contribution in [-0.4, -0.2) is 15.9 Å². The molecule has 0 aliphatic rings. The zero-order chi connectivity index (χ0) is 9.84. The van der Waals surface area contributed by atoms with Crippen molar-refractivity contribution in [2.75, 3.05) is 5.32 Å². The highest BCUT2D eigenvalue weighted by molar-refractivity contribution is 6.42. The topological polar surface area (TPSA) is 54.9 Å². The van der Waals surface area contributed by atoms with E-state index in [1.807, 2.05) is 0 Å². The fourth-order valence-electron chi connectivity index (χ4n) is 0.656. The minimum atomic E-state index is -0.170. The summed E-state index contributed by atoms with van der Waals surface area (Å²) in [5.41, 5.74) is 0. The van der Waals surface area contributed by atoms with Crippen LogP contribution < -0.4 is 5.32 Å². The summed E-state index contributed by atoms with van der Waals surface area (Å²) >= 11 is 11.3. The van der Waals surface area contributed by atoms with Crippen LogP contribution in [0.15, 0.2) is 6.33 Å². The van der Waals surface area contributed by atoms with E-state index >= 15 is 0 Å². The summed E-state index contributed by atoms with van der Waals surface area (Å²) in [5, 5.41) is 2.78. The van der Waals surface area contributed by atoms with Crippen molar-refractivity contribution in [3.8, 4) is 0 Å². The molecule has 0 saturated heterocycles. The van der Waals surface area contributed by atoms with Gasteiger partial charge in [-0.2, -0.15) is 0 Å². The van der Waals surface area contributed by atoms with Crippen molar-refractivity contribution < 1.29 is 4.79 Å². The van der Waals surface area contributed by atoms with Crippen LogP contribution >= 0.6 is 23.2 Å². The lowest BCUT2D eigenvalue weighted by atomic mass is 10.4. The number of carbonyl (C=O) groups excluding carboxylic acids is 1. The number of amides is 1. The van der Waals surface area contributed by atoms with Gasteiger partial charge in [0, 0.05) is 6.42 Å². The molecule has 0 aromatic carbocycles. The van der Waals surface area contributed by atoms with Gasteiger partial charge in [0.05, 0.1) is 0 Å². The van der Waals surface area contributed by atoms with E-state index in [9.17, 15) is 4.79 Å². The first-order valence-corrected chi connectivity index (χ1v) is 4.36. The number of hydrogen-bond acceptors (Lipinski definition) is 3. The Bertz CT molecular complexity index is 330. The van der Waals surface area contributed by atoms with E-state index < -0.39 is 0 Å². The molecule has 0 fully saturated rings. The van der Waals surface area contributed by atoms with Crippen LogP contribution in [0.2, 0.25) is 10.2 Å². The van der Waals surface area contributed by atoms with Gasteiger partial charge >= 0.3 is 0 Å². The number of nitrogens with zero attached hydrogens (tertiary/aromatic N) is 2. The largest absolute Gasteiger partial charge is 0.309 e. The molecule has 1 amide bonds. The van der Waals surface area contributed by atoms with Crippen molar-refractivity contribution in [3.05, 3.63) is 16.5 Å². The average molecular weight is 220 g/mol. The van der Waals surface area contributed by atoms with Crippen LogP contribution in [-0.2, 0) is 4.79 Å². The Morgan fingerprint density at radius 2 is 2.23 bits per heavy atom. The van der Waals surface area contributed by atoms with Crippen molar-refractivity contribution in [3.63, 3.8) is 0 Å². The average Bonchev–Trinajstić information content (AvgIpc) is 2.13. The molecule has 0 bridgehead atoms. The second-order valence-electron chi connectivity index (χ2n) is 2.23. The Kier molecular flexibility index (Phi) is 3.45. The second kappa shape index (κ2) is 4.39. The summed E-state index contributed by atoms with van der Waals surface area (Å²) in [4.78, 5) is 18.4. The van der Waals surface area contributed by atoms with Crippen molar-refractivity contribution in [2.45, 2.75) is 13.3 Å². The van der Waals surface area contributed by atoms with Gasteiger partial charge in [-0.1, -0.05) is 30.1 Å². The zero-order valence-electron chi connectivity index (χ0n) is 6.84. The Hall–Kier alpha value is -0.870. The molecule has 70 valence electrons. The maximum atomic E-state index is 11.0. The number of hydrogen-bond donors (Lipinski definition) is 1. The lowest BCUT2D eigenvalue weighted by molar-refractivity contribution is -0.115. The SMILES string of the molecule is CCC(=O)Nc1ncnc(Cl)c1Cl. The fourth-order valence-corrected chi connectivity index (χ4v) is 0.934. The summed E-state index contributed by atoms with van der Waals surface area (Å²) in [6.45, 7) is 1.73. The molecule has 0 atom stereocenters. The third-order valence-electron chi connectivity index (χ3n) is 1.33.